The molecule has 0 aromatic heterocycles. The van der Waals surface area contributed by atoms with E-state index in [9.17, 15) is 0 Å². The molecule has 0 saturated carbocycles. The summed E-state index contributed by atoms with van der Waals surface area (Å²) in [5, 5.41) is 2.77. The van der Waals surface area contributed by atoms with E-state index in [1.54, 1.807) is 0 Å². The Morgan fingerprint density at radius 1 is 1.22 bits per heavy atom. The largest absolute Gasteiger partial charge is 0.370 e. The van der Waals surface area contributed by atoms with Gasteiger partial charge in [0.05, 0.1) is 0 Å². The number of nitrogens with zero attached hydrogens (tertiary/aromatic N) is 1. The molecule has 2 unspecified atom stereocenters. The molecular weight excluding hydrogens is 218 g/mol. The molecule has 0 saturated heterocycles. The van der Waals surface area contributed by atoms with Crippen LogP contribution in [0.5, 0.6) is 0 Å². The molecule has 2 aromatic carbocycles. The predicted octanol–water partition coefficient (Wildman–Crippen LogP) is 4.34. The van der Waals surface area contributed by atoms with Crippen molar-refractivity contribution in [1.82, 2.24) is 0 Å². The fourth-order valence-electron chi connectivity index (χ4n) is 3.28. The van der Waals surface area contributed by atoms with Crippen molar-refractivity contribution >= 4 is 16.5 Å². The Morgan fingerprint density at radius 3 is 2.67 bits per heavy atom. The van der Waals surface area contributed by atoms with E-state index in [0.29, 0.717) is 12.0 Å². The Bertz CT molecular complexity index is 555. The van der Waals surface area contributed by atoms with Crippen molar-refractivity contribution in [3.05, 3.63) is 54.6 Å². The fourth-order valence-corrected chi connectivity index (χ4v) is 3.28. The zero-order valence-electron chi connectivity index (χ0n) is 11.1. The lowest BCUT2D eigenvalue weighted by Gasteiger charge is -2.40. The lowest BCUT2D eigenvalue weighted by Crippen LogP contribution is -2.38. The summed E-state index contributed by atoms with van der Waals surface area (Å²) in [5.41, 5.74) is 2.83. The number of benzene rings is 2. The first-order chi connectivity index (χ1) is 8.74. The van der Waals surface area contributed by atoms with Gasteiger partial charge in [0.25, 0.3) is 0 Å². The molecule has 0 fully saturated rings. The van der Waals surface area contributed by atoms with Crippen molar-refractivity contribution < 1.29 is 0 Å². The average molecular weight is 237 g/mol. The van der Waals surface area contributed by atoms with Gasteiger partial charge in [-0.05, 0) is 23.4 Å². The SMILES string of the molecule is C=CCC1C(C)c2cccc3cccc(c23)N1C. The number of rotatable bonds is 2. The van der Waals surface area contributed by atoms with E-state index < -0.39 is 0 Å². The zero-order chi connectivity index (χ0) is 12.7. The third-order valence-electron chi connectivity index (χ3n) is 4.27. The summed E-state index contributed by atoms with van der Waals surface area (Å²) in [4.78, 5) is 2.42. The van der Waals surface area contributed by atoms with E-state index >= 15 is 0 Å². The van der Waals surface area contributed by atoms with Gasteiger partial charge in [-0.2, -0.15) is 0 Å². The molecule has 92 valence electrons. The number of hydrogen-bond acceptors (Lipinski definition) is 1. The van der Waals surface area contributed by atoms with Crippen molar-refractivity contribution in [3.63, 3.8) is 0 Å². The normalized spacial score (nSPS) is 22.2. The van der Waals surface area contributed by atoms with Crippen LogP contribution >= 0.6 is 0 Å². The molecule has 0 radical (unpaired) electrons. The molecule has 0 N–H and O–H groups in total. The highest BCUT2D eigenvalue weighted by Crippen LogP contribution is 2.42. The first kappa shape index (κ1) is 11.3. The van der Waals surface area contributed by atoms with Gasteiger partial charge in [-0.15, -0.1) is 6.58 Å². The van der Waals surface area contributed by atoms with Crippen LogP contribution in [0, 0.1) is 0 Å². The molecule has 0 spiro atoms. The van der Waals surface area contributed by atoms with E-state index in [1.165, 1.54) is 22.0 Å². The second kappa shape index (κ2) is 4.16. The second-order valence-corrected chi connectivity index (χ2v) is 5.21. The van der Waals surface area contributed by atoms with E-state index in [4.69, 9.17) is 0 Å². The zero-order valence-corrected chi connectivity index (χ0v) is 11.1. The van der Waals surface area contributed by atoms with Gasteiger partial charge >= 0.3 is 0 Å². The summed E-state index contributed by atoms with van der Waals surface area (Å²) in [6.45, 7) is 6.23. The molecule has 1 aliphatic heterocycles. The third-order valence-corrected chi connectivity index (χ3v) is 4.27. The Morgan fingerprint density at radius 2 is 1.94 bits per heavy atom. The van der Waals surface area contributed by atoms with Crippen LogP contribution in [0.25, 0.3) is 10.8 Å². The first-order valence-electron chi connectivity index (χ1n) is 6.59. The van der Waals surface area contributed by atoms with Crippen LogP contribution in [0.15, 0.2) is 49.1 Å². The molecule has 1 aliphatic rings. The van der Waals surface area contributed by atoms with Crippen LogP contribution in [0.3, 0.4) is 0 Å². The molecule has 0 amide bonds. The fraction of sp³-hybridized carbons (Fsp3) is 0.294. The minimum Gasteiger partial charge on any atom is -0.370 e. The van der Waals surface area contributed by atoms with Gasteiger partial charge in [0.2, 0.25) is 0 Å². The summed E-state index contributed by atoms with van der Waals surface area (Å²) < 4.78 is 0. The lowest BCUT2D eigenvalue weighted by molar-refractivity contribution is 0.538. The average Bonchev–Trinajstić information content (AvgIpc) is 2.40. The van der Waals surface area contributed by atoms with Crippen LogP contribution in [-0.4, -0.2) is 13.1 Å². The van der Waals surface area contributed by atoms with Crippen molar-refractivity contribution in [2.75, 3.05) is 11.9 Å². The molecule has 18 heavy (non-hydrogen) atoms. The minimum absolute atomic E-state index is 0.517. The van der Waals surface area contributed by atoms with Crippen LogP contribution in [0.4, 0.5) is 5.69 Å². The number of hydrogen-bond donors (Lipinski definition) is 0. The molecular formula is C17H19N. The van der Waals surface area contributed by atoms with Crippen LogP contribution in [0.2, 0.25) is 0 Å². The second-order valence-electron chi connectivity index (χ2n) is 5.21. The molecule has 2 atom stereocenters. The summed E-state index contributed by atoms with van der Waals surface area (Å²) in [6, 6.07) is 13.8. The van der Waals surface area contributed by atoms with Crippen molar-refractivity contribution in [2.24, 2.45) is 0 Å². The smallest absolute Gasteiger partial charge is 0.0449 e. The van der Waals surface area contributed by atoms with Gasteiger partial charge in [0.1, 0.15) is 0 Å². The Kier molecular flexibility index (Phi) is 2.62. The maximum atomic E-state index is 3.90. The predicted molar refractivity (Wildman–Crippen MR) is 79.4 cm³/mol. The number of likely N-dealkylation sites (N-methyl/N-ethyl adjacent to an activating group) is 1. The molecule has 3 rings (SSSR count). The maximum absolute atomic E-state index is 3.90. The lowest BCUT2D eigenvalue weighted by atomic mass is 9.82. The number of anilines is 1. The summed E-state index contributed by atoms with van der Waals surface area (Å²) in [7, 11) is 2.20. The van der Waals surface area contributed by atoms with Gasteiger partial charge < -0.3 is 4.90 Å². The minimum atomic E-state index is 0.517. The highest BCUT2D eigenvalue weighted by atomic mass is 15.1. The first-order valence-corrected chi connectivity index (χ1v) is 6.59. The van der Waals surface area contributed by atoms with E-state index in [2.05, 4.69) is 61.8 Å². The van der Waals surface area contributed by atoms with Gasteiger partial charge in [-0.1, -0.05) is 43.3 Å². The third kappa shape index (κ3) is 1.47. The molecule has 1 heteroatoms. The van der Waals surface area contributed by atoms with Gasteiger partial charge in [-0.25, -0.2) is 0 Å². The van der Waals surface area contributed by atoms with Crippen molar-refractivity contribution in [1.29, 1.82) is 0 Å². The Balaban J connectivity index is 2.28. The monoisotopic (exact) mass is 237 g/mol. The Hall–Kier alpha value is -1.76. The van der Waals surface area contributed by atoms with Crippen molar-refractivity contribution in [2.45, 2.75) is 25.3 Å². The topological polar surface area (TPSA) is 3.24 Å². The summed E-state index contributed by atoms with van der Waals surface area (Å²) >= 11 is 0. The molecule has 0 bridgehead atoms. The Labute approximate surface area is 109 Å². The van der Waals surface area contributed by atoms with Gasteiger partial charge in [-0.3, -0.25) is 0 Å². The van der Waals surface area contributed by atoms with E-state index in [-0.39, 0.29) is 0 Å². The summed E-state index contributed by atoms with van der Waals surface area (Å²) in [5.74, 6) is 0.548. The van der Waals surface area contributed by atoms with Gasteiger partial charge in [0, 0.05) is 30.1 Å². The molecule has 1 nitrogen and oxygen atoms in total. The van der Waals surface area contributed by atoms with E-state index in [1.807, 2.05) is 6.08 Å². The molecule has 0 aliphatic carbocycles. The van der Waals surface area contributed by atoms with Crippen LogP contribution in [-0.2, 0) is 0 Å². The standard InChI is InChI=1S/C17H19N/c1-4-7-15-12(2)14-10-5-8-13-9-6-11-16(17(13)14)18(15)3/h4-6,8-12,15H,1,7H2,2-3H3. The quantitative estimate of drug-likeness (QED) is 0.702. The van der Waals surface area contributed by atoms with Crippen molar-refractivity contribution in [3.8, 4) is 0 Å². The maximum Gasteiger partial charge on any atom is 0.0449 e. The van der Waals surface area contributed by atoms with Crippen LogP contribution in [0.1, 0.15) is 24.8 Å². The summed E-state index contributed by atoms with van der Waals surface area (Å²) in [6.07, 6.45) is 3.06. The molecule has 1 heterocycles. The van der Waals surface area contributed by atoms with Gasteiger partial charge in [0.15, 0.2) is 0 Å². The highest BCUT2D eigenvalue weighted by Gasteiger charge is 2.29. The van der Waals surface area contributed by atoms with E-state index in [0.717, 1.165) is 6.42 Å². The van der Waals surface area contributed by atoms with Crippen LogP contribution < -0.4 is 4.90 Å². The highest BCUT2D eigenvalue weighted by molar-refractivity contribution is 5.98. The molecule has 2 aromatic rings.